The van der Waals surface area contributed by atoms with Gasteiger partial charge in [-0.3, -0.25) is 9.78 Å². The number of likely N-dealkylation sites (tertiary alicyclic amines) is 2. The number of aliphatic hydroxyl groups is 1. The molecule has 3 aromatic rings. The summed E-state index contributed by atoms with van der Waals surface area (Å²) in [6, 6.07) is 6.63. The Hall–Kier alpha value is -3.37. The highest BCUT2D eigenvalue weighted by Gasteiger charge is 2.47. The van der Waals surface area contributed by atoms with Gasteiger partial charge in [0, 0.05) is 61.5 Å². The number of aliphatic hydroxyl groups excluding tert-OH is 1. The van der Waals surface area contributed by atoms with E-state index in [1.165, 1.54) is 23.4 Å². The van der Waals surface area contributed by atoms with Crippen molar-refractivity contribution in [1.82, 2.24) is 24.9 Å². The van der Waals surface area contributed by atoms with E-state index in [2.05, 4.69) is 38.5 Å². The van der Waals surface area contributed by atoms with Gasteiger partial charge >= 0.3 is 0 Å². The monoisotopic (exact) mass is 551 g/mol. The summed E-state index contributed by atoms with van der Waals surface area (Å²) in [4.78, 5) is 24.8. The van der Waals surface area contributed by atoms with Gasteiger partial charge in [0.15, 0.2) is 5.82 Å². The molecule has 214 valence electrons. The molecule has 1 spiro atoms. The van der Waals surface area contributed by atoms with E-state index in [1.54, 1.807) is 12.3 Å². The second-order valence-electron chi connectivity index (χ2n) is 12.2. The Kier molecular flexibility index (Phi) is 7.67. The van der Waals surface area contributed by atoms with Crippen molar-refractivity contribution in [2.45, 2.75) is 70.0 Å². The molecule has 5 heterocycles. The van der Waals surface area contributed by atoms with Crippen LogP contribution in [0.1, 0.15) is 74.6 Å². The summed E-state index contributed by atoms with van der Waals surface area (Å²) in [6.45, 7) is 11.0. The van der Waals surface area contributed by atoms with Crippen LogP contribution >= 0.6 is 0 Å². The van der Waals surface area contributed by atoms with E-state index in [4.69, 9.17) is 4.74 Å². The molecule has 2 unspecified atom stereocenters. The Morgan fingerprint density at radius 1 is 1.15 bits per heavy atom. The Labute approximate surface area is 234 Å². The molecule has 1 amide bonds. The lowest BCUT2D eigenvalue weighted by Gasteiger charge is -2.40. The van der Waals surface area contributed by atoms with E-state index >= 15 is 0 Å². The van der Waals surface area contributed by atoms with Crippen molar-refractivity contribution in [3.63, 3.8) is 0 Å². The van der Waals surface area contributed by atoms with E-state index in [0.717, 1.165) is 43.1 Å². The Balaban J connectivity index is 0.000000306. The third-order valence-electron chi connectivity index (χ3n) is 8.28. The molecule has 2 atom stereocenters. The zero-order valence-corrected chi connectivity index (χ0v) is 23.9. The first-order chi connectivity index (χ1) is 19.0. The quantitative estimate of drug-likeness (QED) is 0.499. The molecule has 2 fully saturated rings. The van der Waals surface area contributed by atoms with Gasteiger partial charge in [-0.05, 0) is 31.7 Å². The molecule has 2 aromatic heterocycles. The molecule has 2 saturated heterocycles. The maximum atomic E-state index is 14.8. The SMILES string of the molecule is CC(C)(C)c1ncon1.CC1c2cc(-c3ccc(C(=O)N4CCC(O)C4)c(F)c3)ncc2OC12CCN(C)CC2. The minimum absolute atomic E-state index is 0.00694. The fourth-order valence-electron chi connectivity index (χ4n) is 5.61. The van der Waals surface area contributed by atoms with Gasteiger partial charge in [0.05, 0.1) is 23.6 Å². The summed E-state index contributed by atoms with van der Waals surface area (Å²) in [6.07, 6.45) is 5.05. The number of ether oxygens (including phenoxy) is 1. The van der Waals surface area contributed by atoms with Gasteiger partial charge < -0.3 is 24.2 Å². The second-order valence-corrected chi connectivity index (χ2v) is 12.2. The van der Waals surface area contributed by atoms with Gasteiger partial charge in [0.25, 0.3) is 5.91 Å². The van der Waals surface area contributed by atoms with Crippen LogP contribution in [0.4, 0.5) is 4.39 Å². The number of carbonyl (C=O) groups is 1. The first-order valence-corrected chi connectivity index (χ1v) is 13.9. The number of nitrogens with zero attached hydrogens (tertiary/aromatic N) is 5. The van der Waals surface area contributed by atoms with E-state index < -0.39 is 11.9 Å². The fourth-order valence-corrected chi connectivity index (χ4v) is 5.61. The van der Waals surface area contributed by atoms with Crippen molar-refractivity contribution in [3.05, 3.63) is 59.6 Å². The number of fused-ring (bicyclic) bond motifs is 1. The molecule has 6 rings (SSSR count). The van der Waals surface area contributed by atoms with Crippen LogP contribution < -0.4 is 4.74 Å². The summed E-state index contributed by atoms with van der Waals surface area (Å²) in [7, 11) is 2.13. The number of hydrogen-bond donors (Lipinski definition) is 1. The topological polar surface area (TPSA) is 105 Å². The average molecular weight is 552 g/mol. The highest BCUT2D eigenvalue weighted by molar-refractivity contribution is 5.95. The molecule has 0 bridgehead atoms. The van der Waals surface area contributed by atoms with Crippen LogP contribution in [-0.4, -0.2) is 80.9 Å². The van der Waals surface area contributed by atoms with Crippen molar-refractivity contribution >= 4 is 5.91 Å². The molecule has 0 aliphatic carbocycles. The number of β-amino-alcohol motifs (C(OH)–C–C–N with tert-alkyl or cyclic N) is 1. The van der Waals surface area contributed by atoms with E-state index in [1.807, 2.05) is 26.8 Å². The third-order valence-corrected chi connectivity index (χ3v) is 8.28. The highest BCUT2D eigenvalue weighted by Crippen LogP contribution is 2.49. The van der Waals surface area contributed by atoms with Crippen LogP contribution in [0.2, 0.25) is 0 Å². The van der Waals surface area contributed by atoms with Crippen LogP contribution in [0.25, 0.3) is 11.3 Å². The van der Waals surface area contributed by atoms with Crippen LogP contribution in [0, 0.1) is 5.82 Å². The lowest BCUT2D eigenvalue weighted by atomic mass is 9.79. The lowest BCUT2D eigenvalue weighted by molar-refractivity contribution is 0.0102. The summed E-state index contributed by atoms with van der Waals surface area (Å²) < 4.78 is 25.8. The molecule has 1 aromatic carbocycles. The Morgan fingerprint density at radius 3 is 2.48 bits per heavy atom. The van der Waals surface area contributed by atoms with Gasteiger partial charge in [0.2, 0.25) is 6.39 Å². The van der Waals surface area contributed by atoms with Crippen molar-refractivity contribution in [3.8, 4) is 17.0 Å². The fraction of sp³-hybridized carbons (Fsp3) is 0.533. The summed E-state index contributed by atoms with van der Waals surface area (Å²) in [5.74, 6) is 0.865. The standard InChI is InChI=1S/C24H28FN3O3.C6H10N2O/c1-15-19-12-21(26-13-22(19)31-24(15)6-9-27(2)10-7-24)16-3-4-18(20(25)11-16)23(30)28-8-5-17(29)14-28;1-6(2,3)5-7-4-9-8-5/h3-4,11-13,15,17,29H,5-10,14H2,1-2H3;4H,1-3H3. The molecule has 3 aliphatic rings. The predicted molar refractivity (Wildman–Crippen MR) is 148 cm³/mol. The Morgan fingerprint density at radius 2 is 1.90 bits per heavy atom. The number of benzene rings is 1. The molecular weight excluding hydrogens is 513 g/mol. The molecule has 0 radical (unpaired) electrons. The lowest BCUT2D eigenvalue weighted by Crippen LogP contribution is -2.47. The number of amides is 1. The number of piperidine rings is 1. The minimum Gasteiger partial charge on any atom is -0.485 e. The number of hydrogen-bond acceptors (Lipinski definition) is 8. The molecule has 1 N–H and O–H groups in total. The normalized spacial score (nSPS) is 22.0. The zero-order valence-electron chi connectivity index (χ0n) is 23.9. The van der Waals surface area contributed by atoms with Crippen LogP contribution in [0.15, 0.2) is 41.4 Å². The second kappa shape index (κ2) is 10.9. The summed E-state index contributed by atoms with van der Waals surface area (Å²) in [5, 5.41) is 13.4. The first-order valence-electron chi connectivity index (χ1n) is 13.9. The number of rotatable bonds is 2. The number of carbonyl (C=O) groups excluding carboxylic acids is 1. The molecule has 40 heavy (non-hydrogen) atoms. The van der Waals surface area contributed by atoms with E-state index in [9.17, 15) is 14.3 Å². The predicted octanol–water partition coefficient (Wildman–Crippen LogP) is 4.42. The molecular formula is C30H38FN5O4. The number of pyridine rings is 1. The largest absolute Gasteiger partial charge is 0.485 e. The van der Waals surface area contributed by atoms with Crippen LogP contribution in [0.5, 0.6) is 5.75 Å². The highest BCUT2D eigenvalue weighted by atomic mass is 19.1. The molecule has 3 aliphatic heterocycles. The van der Waals surface area contributed by atoms with Crippen molar-refractivity contribution in [2.24, 2.45) is 0 Å². The third kappa shape index (κ3) is 5.60. The van der Waals surface area contributed by atoms with E-state index in [0.29, 0.717) is 24.2 Å². The number of halogens is 1. The molecule has 0 saturated carbocycles. The summed E-state index contributed by atoms with van der Waals surface area (Å²) in [5.41, 5.74) is 2.27. The smallest absolute Gasteiger partial charge is 0.256 e. The van der Waals surface area contributed by atoms with Gasteiger partial charge in [-0.1, -0.05) is 38.9 Å². The van der Waals surface area contributed by atoms with Crippen LogP contribution in [0.3, 0.4) is 0 Å². The van der Waals surface area contributed by atoms with Crippen molar-refractivity contribution in [2.75, 3.05) is 33.2 Å². The number of aromatic nitrogens is 3. The van der Waals surface area contributed by atoms with E-state index in [-0.39, 0.29) is 34.9 Å². The van der Waals surface area contributed by atoms with Crippen molar-refractivity contribution in [1.29, 1.82) is 0 Å². The summed E-state index contributed by atoms with van der Waals surface area (Å²) >= 11 is 0. The van der Waals surface area contributed by atoms with Gasteiger partial charge in [-0.15, -0.1) is 0 Å². The van der Waals surface area contributed by atoms with Gasteiger partial charge in [-0.25, -0.2) is 4.39 Å². The Bertz CT molecular complexity index is 1350. The van der Waals surface area contributed by atoms with Gasteiger partial charge in [0.1, 0.15) is 17.2 Å². The maximum Gasteiger partial charge on any atom is 0.256 e. The maximum absolute atomic E-state index is 14.8. The van der Waals surface area contributed by atoms with Crippen LogP contribution in [-0.2, 0) is 5.41 Å². The minimum atomic E-state index is -0.567. The molecule has 9 nitrogen and oxygen atoms in total. The zero-order chi connectivity index (χ0) is 28.7. The van der Waals surface area contributed by atoms with Gasteiger partial charge in [-0.2, -0.15) is 4.98 Å². The molecule has 10 heteroatoms. The average Bonchev–Trinajstić information content (AvgIpc) is 3.67. The first kappa shape index (κ1) is 28.2. The van der Waals surface area contributed by atoms with Crippen molar-refractivity contribution < 1.29 is 23.6 Å².